The molecule has 4 aromatic carbocycles. The van der Waals surface area contributed by atoms with Crippen molar-refractivity contribution >= 4 is 46.6 Å². The van der Waals surface area contributed by atoms with Gasteiger partial charge in [0.1, 0.15) is 11.0 Å². The first-order chi connectivity index (χ1) is 17.0. The van der Waals surface area contributed by atoms with Gasteiger partial charge in [0.25, 0.3) is 5.91 Å². The van der Waals surface area contributed by atoms with Crippen molar-refractivity contribution in [2.45, 2.75) is 10.1 Å². The van der Waals surface area contributed by atoms with Crippen molar-refractivity contribution in [3.8, 4) is 5.75 Å². The van der Waals surface area contributed by atoms with Gasteiger partial charge in [-0.25, -0.2) is 0 Å². The molecule has 5 nitrogen and oxygen atoms in total. The molecule has 1 unspecified atom stereocenters. The third-order valence-electron chi connectivity index (χ3n) is 5.17. The smallest absolute Gasteiger partial charge is 0.255 e. The molecule has 2 N–H and O–H groups in total. The van der Waals surface area contributed by atoms with Crippen molar-refractivity contribution in [3.63, 3.8) is 0 Å². The second-order valence-electron chi connectivity index (χ2n) is 7.61. The van der Waals surface area contributed by atoms with Gasteiger partial charge in [-0.3, -0.25) is 9.59 Å². The molecular weight excluding hydrogens is 480 g/mol. The van der Waals surface area contributed by atoms with E-state index >= 15 is 0 Å². The van der Waals surface area contributed by atoms with Crippen molar-refractivity contribution in [2.24, 2.45) is 0 Å². The van der Waals surface area contributed by atoms with E-state index in [-0.39, 0.29) is 11.8 Å². The summed E-state index contributed by atoms with van der Waals surface area (Å²) in [5, 5.41) is 6.00. The number of nitrogens with one attached hydrogen (secondary N) is 2. The molecule has 0 bridgehead atoms. The van der Waals surface area contributed by atoms with E-state index in [1.165, 1.54) is 11.8 Å². The Morgan fingerprint density at radius 1 is 0.771 bits per heavy atom. The van der Waals surface area contributed by atoms with Crippen molar-refractivity contribution in [3.05, 3.63) is 119 Å². The number of halogens is 1. The molecule has 0 heterocycles. The van der Waals surface area contributed by atoms with Crippen molar-refractivity contribution in [1.82, 2.24) is 0 Å². The minimum Gasteiger partial charge on any atom is -0.497 e. The van der Waals surface area contributed by atoms with Crippen molar-refractivity contribution < 1.29 is 14.3 Å². The average molecular weight is 503 g/mol. The van der Waals surface area contributed by atoms with Crippen LogP contribution in [0.4, 0.5) is 11.4 Å². The van der Waals surface area contributed by atoms with Crippen LogP contribution in [-0.4, -0.2) is 18.9 Å². The highest BCUT2D eigenvalue weighted by atomic mass is 35.5. The number of carbonyl (C=O) groups is 2. The molecule has 0 fully saturated rings. The van der Waals surface area contributed by atoms with Crippen LogP contribution in [0.3, 0.4) is 0 Å². The predicted molar refractivity (Wildman–Crippen MR) is 143 cm³/mol. The van der Waals surface area contributed by atoms with E-state index in [9.17, 15) is 9.59 Å². The largest absolute Gasteiger partial charge is 0.497 e. The molecule has 7 heteroatoms. The third-order valence-corrected chi connectivity index (χ3v) is 6.69. The summed E-state index contributed by atoms with van der Waals surface area (Å²) >= 11 is 7.39. The van der Waals surface area contributed by atoms with Crippen LogP contribution < -0.4 is 15.4 Å². The summed E-state index contributed by atoms with van der Waals surface area (Å²) in [6.07, 6.45) is 0. The van der Waals surface area contributed by atoms with E-state index in [0.717, 1.165) is 10.5 Å². The first-order valence-corrected chi connectivity index (χ1v) is 12.1. The summed E-state index contributed by atoms with van der Waals surface area (Å²) in [5.41, 5.74) is 2.77. The molecule has 0 saturated carbocycles. The maximum atomic E-state index is 13.2. The lowest BCUT2D eigenvalue weighted by Gasteiger charge is -2.17. The van der Waals surface area contributed by atoms with Crippen LogP contribution in [0.1, 0.15) is 21.2 Å². The minimum atomic E-state index is -0.466. The Kier molecular flexibility index (Phi) is 8.08. The maximum Gasteiger partial charge on any atom is 0.255 e. The molecule has 0 saturated heterocycles. The van der Waals surface area contributed by atoms with Gasteiger partial charge in [0.2, 0.25) is 5.91 Å². The van der Waals surface area contributed by atoms with Crippen LogP contribution in [0.25, 0.3) is 0 Å². The van der Waals surface area contributed by atoms with Gasteiger partial charge in [-0.15, -0.1) is 11.8 Å². The molecule has 0 aliphatic heterocycles. The molecule has 4 aromatic rings. The highest BCUT2D eigenvalue weighted by molar-refractivity contribution is 8.00. The van der Waals surface area contributed by atoms with Crippen LogP contribution in [0.15, 0.2) is 108 Å². The molecule has 2 amide bonds. The van der Waals surface area contributed by atoms with E-state index in [0.29, 0.717) is 27.7 Å². The highest BCUT2D eigenvalue weighted by Crippen LogP contribution is 2.36. The second kappa shape index (κ2) is 11.6. The van der Waals surface area contributed by atoms with Gasteiger partial charge in [0.15, 0.2) is 0 Å². The highest BCUT2D eigenvalue weighted by Gasteiger charge is 2.22. The first-order valence-electron chi connectivity index (χ1n) is 10.9. The van der Waals surface area contributed by atoms with E-state index in [1.54, 1.807) is 55.6 Å². The lowest BCUT2D eigenvalue weighted by molar-refractivity contribution is -0.115. The minimum absolute atomic E-state index is 0.139. The number of methoxy groups -OCH3 is 1. The molecule has 176 valence electrons. The Labute approximate surface area is 213 Å². The van der Waals surface area contributed by atoms with Gasteiger partial charge in [0.05, 0.1) is 7.11 Å². The van der Waals surface area contributed by atoms with Crippen molar-refractivity contribution in [2.75, 3.05) is 17.7 Å². The SMILES string of the molecule is COc1ccc(C(=O)Nc2ccc(SC(C(=O)Nc3ccc(Cl)cc3)c3ccccc3)cc2)cc1. The lowest BCUT2D eigenvalue weighted by Crippen LogP contribution is -2.19. The zero-order valence-electron chi connectivity index (χ0n) is 18.9. The predicted octanol–water partition coefficient (Wildman–Crippen LogP) is 7.07. The second-order valence-corrected chi connectivity index (χ2v) is 9.23. The molecule has 0 aromatic heterocycles. The Bertz CT molecular complexity index is 1280. The summed E-state index contributed by atoms with van der Waals surface area (Å²) < 4.78 is 5.13. The fraction of sp³-hybridized carbons (Fsp3) is 0.0714. The van der Waals surface area contributed by atoms with Gasteiger partial charge >= 0.3 is 0 Å². The van der Waals surface area contributed by atoms with E-state index in [1.807, 2.05) is 54.6 Å². The summed E-state index contributed by atoms with van der Waals surface area (Å²) in [6.45, 7) is 0. The Balaban J connectivity index is 1.46. The number of amides is 2. The van der Waals surface area contributed by atoms with Gasteiger partial charge in [-0.05, 0) is 78.4 Å². The maximum absolute atomic E-state index is 13.2. The van der Waals surface area contributed by atoms with E-state index in [4.69, 9.17) is 16.3 Å². The van der Waals surface area contributed by atoms with Crippen LogP contribution in [0.2, 0.25) is 5.02 Å². The molecular formula is C28H23ClN2O3S. The molecule has 1 atom stereocenters. The quantitative estimate of drug-likeness (QED) is 0.253. The van der Waals surface area contributed by atoms with Gasteiger partial charge in [0, 0.05) is 26.9 Å². The third kappa shape index (κ3) is 6.66. The summed E-state index contributed by atoms with van der Waals surface area (Å²) in [6, 6.07) is 31.0. The van der Waals surface area contributed by atoms with Gasteiger partial charge < -0.3 is 15.4 Å². The number of thioether (sulfide) groups is 1. The Morgan fingerprint density at radius 2 is 1.37 bits per heavy atom. The number of ether oxygens (including phenoxy) is 1. The van der Waals surface area contributed by atoms with E-state index in [2.05, 4.69) is 10.6 Å². The normalized spacial score (nSPS) is 11.4. The summed E-state index contributed by atoms with van der Waals surface area (Å²) in [4.78, 5) is 26.6. The monoisotopic (exact) mass is 502 g/mol. The summed E-state index contributed by atoms with van der Waals surface area (Å²) in [7, 11) is 1.58. The topological polar surface area (TPSA) is 67.4 Å². The van der Waals surface area contributed by atoms with E-state index < -0.39 is 5.25 Å². The number of hydrogen-bond donors (Lipinski definition) is 2. The Morgan fingerprint density at radius 3 is 2.00 bits per heavy atom. The molecule has 35 heavy (non-hydrogen) atoms. The molecule has 0 spiro atoms. The van der Waals surface area contributed by atoms with Gasteiger partial charge in [-0.2, -0.15) is 0 Å². The standard InChI is InChI=1S/C28H23ClN2O3S/c1-34-24-15-7-20(8-16-24)27(32)30-23-13-17-25(18-14-23)35-26(19-5-3-2-4-6-19)28(33)31-22-11-9-21(29)10-12-22/h2-18,26H,1H3,(H,30,32)(H,31,33). The fourth-order valence-corrected chi connectivity index (χ4v) is 4.49. The van der Waals surface area contributed by atoms with Crippen molar-refractivity contribution in [1.29, 1.82) is 0 Å². The zero-order chi connectivity index (χ0) is 24.6. The van der Waals surface area contributed by atoms with Gasteiger partial charge in [-0.1, -0.05) is 41.9 Å². The number of anilines is 2. The number of carbonyl (C=O) groups excluding carboxylic acids is 2. The number of hydrogen-bond acceptors (Lipinski definition) is 4. The molecule has 4 rings (SSSR count). The number of benzene rings is 4. The average Bonchev–Trinajstić information content (AvgIpc) is 2.90. The lowest BCUT2D eigenvalue weighted by atomic mass is 10.1. The van der Waals surface area contributed by atoms with Crippen LogP contribution in [-0.2, 0) is 4.79 Å². The van der Waals surface area contributed by atoms with Crippen LogP contribution in [0.5, 0.6) is 5.75 Å². The zero-order valence-corrected chi connectivity index (χ0v) is 20.5. The Hall–Kier alpha value is -3.74. The van der Waals surface area contributed by atoms with Crippen LogP contribution >= 0.6 is 23.4 Å². The molecule has 0 aliphatic carbocycles. The molecule has 0 radical (unpaired) electrons. The number of rotatable bonds is 8. The summed E-state index contributed by atoms with van der Waals surface area (Å²) in [5.74, 6) is 0.342. The molecule has 0 aliphatic rings. The van der Waals surface area contributed by atoms with Crippen LogP contribution in [0, 0.1) is 0 Å². The first kappa shape index (κ1) is 24.4. The fourth-order valence-electron chi connectivity index (χ4n) is 3.34.